The number of ether oxygens (including phenoxy) is 2. The zero-order valence-corrected chi connectivity index (χ0v) is 21.4. The van der Waals surface area contributed by atoms with Crippen LogP contribution in [0.3, 0.4) is 0 Å². The summed E-state index contributed by atoms with van der Waals surface area (Å²) in [6, 6.07) is 0. The molecule has 0 aromatic rings. The Labute approximate surface area is 194 Å². The minimum Gasteiger partial charge on any atom is -0.465 e. The number of hydrogen-bond donors (Lipinski definition) is 2. The third kappa shape index (κ3) is 8.61. The maximum Gasteiger partial charge on any atom is 0.306 e. The van der Waals surface area contributed by atoms with Crippen LogP contribution in [0.25, 0.3) is 0 Å². The third-order valence-electron chi connectivity index (χ3n) is 6.40. The molecule has 0 aromatic carbocycles. The second kappa shape index (κ2) is 11.8. The van der Waals surface area contributed by atoms with Gasteiger partial charge in [0.15, 0.2) is 0 Å². The molecule has 1 aliphatic heterocycles. The van der Waals surface area contributed by atoms with E-state index < -0.39 is 28.6 Å². The van der Waals surface area contributed by atoms with Crippen LogP contribution < -0.4 is 0 Å². The molecule has 188 valence electrons. The van der Waals surface area contributed by atoms with Gasteiger partial charge in [0.1, 0.15) is 6.10 Å². The summed E-state index contributed by atoms with van der Waals surface area (Å²) >= 11 is 0. The van der Waals surface area contributed by atoms with E-state index in [0.717, 1.165) is 12.8 Å². The Bertz CT molecular complexity index is 602. The number of carbonyl (C=O) groups excluding carboxylic acids is 2. The molecular weight excluding hydrogens is 412 g/mol. The molecule has 8 nitrogen and oxygen atoms in total. The van der Waals surface area contributed by atoms with Crippen molar-refractivity contribution in [2.75, 3.05) is 13.2 Å². The molecule has 1 aliphatic rings. The van der Waals surface area contributed by atoms with Gasteiger partial charge in [-0.25, -0.2) is 0 Å². The van der Waals surface area contributed by atoms with Gasteiger partial charge in [-0.05, 0) is 60.3 Å². The van der Waals surface area contributed by atoms with Gasteiger partial charge >= 0.3 is 11.9 Å². The van der Waals surface area contributed by atoms with E-state index in [9.17, 15) is 20.0 Å². The fraction of sp³-hybridized carbons (Fsp3) is 0.917. The molecule has 0 saturated carbocycles. The van der Waals surface area contributed by atoms with Crippen molar-refractivity contribution >= 4 is 11.9 Å². The van der Waals surface area contributed by atoms with E-state index in [1.54, 1.807) is 0 Å². The molecule has 0 bridgehead atoms. The van der Waals surface area contributed by atoms with Crippen molar-refractivity contribution in [2.45, 2.75) is 123 Å². The lowest BCUT2D eigenvalue weighted by Gasteiger charge is -2.50. The number of piperidine rings is 1. The van der Waals surface area contributed by atoms with E-state index in [0.29, 0.717) is 25.8 Å². The molecule has 1 heterocycles. The first-order chi connectivity index (χ1) is 14.6. The summed E-state index contributed by atoms with van der Waals surface area (Å²) in [6.07, 6.45) is 3.26. The van der Waals surface area contributed by atoms with E-state index >= 15 is 0 Å². The van der Waals surface area contributed by atoms with Crippen molar-refractivity contribution in [1.82, 2.24) is 10.1 Å². The number of esters is 2. The van der Waals surface area contributed by atoms with Crippen LogP contribution >= 0.6 is 0 Å². The highest BCUT2D eigenvalue weighted by molar-refractivity contribution is 5.77. The van der Waals surface area contributed by atoms with Crippen molar-refractivity contribution in [3.8, 4) is 0 Å². The molecule has 1 saturated heterocycles. The number of carbonyl (C=O) groups is 2. The average molecular weight is 459 g/mol. The normalized spacial score (nSPS) is 20.2. The van der Waals surface area contributed by atoms with Crippen molar-refractivity contribution in [1.29, 1.82) is 0 Å². The minimum atomic E-state index is -0.504. The maximum atomic E-state index is 12.3. The Morgan fingerprint density at radius 3 is 2.12 bits per heavy atom. The van der Waals surface area contributed by atoms with E-state index in [-0.39, 0.29) is 31.5 Å². The Morgan fingerprint density at radius 1 is 1.09 bits per heavy atom. The molecule has 1 unspecified atom stereocenters. The largest absolute Gasteiger partial charge is 0.465 e. The van der Waals surface area contributed by atoms with Crippen LogP contribution in [-0.2, 0) is 19.1 Å². The fourth-order valence-corrected chi connectivity index (χ4v) is 4.89. The van der Waals surface area contributed by atoms with Gasteiger partial charge in [-0.3, -0.25) is 9.59 Å². The lowest BCUT2D eigenvalue weighted by Crippen LogP contribution is -2.60. The minimum absolute atomic E-state index is 0.0201. The molecule has 1 atom stereocenters. The monoisotopic (exact) mass is 458 g/mol. The van der Waals surface area contributed by atoms with Crippen LogP contribution in [0.5, 0.6) is 0 Å². The first-order valence-electron chi connectivity index (χ1n) is 12.0. The molecule has 1 fully saturated rings. The van der Waals surface area contributed by atoms with Gasteiger partial charge in [0.2, 0.25) is 0 Å². The van der Waals surface area contributed by atoms with Crippen molar-refractivity contribution < 1.29 is 29.5 Å². The molecule has 2 N–H and O–H groups in total. The SMILES string of the molecule is CCCC(COC(=O)CCC(=O)OC1CC(C)(C)N(O)C(C)(C)C1)CC(C)(C)N(O)CC. The summed E-state index contributed by atoms with van der Waals surface area (Å²) in [5, 5.41) is 23.1. The highest BCUT2D eigenvalue weighted by Crippen LogP contribution is 2.38. The lowest BCUT2D eigenvalue weighted by atomic mass is 9.80. The number of rotatable bonds is 12. The van der Waals surface area contributed by atoms with Crippen LogP contribution in [0.15, 0.2) is 0 Å². The van der Waals surface area contributed by atoms with Gasteiger partial charge in [0.05, 0.1) is 19.4 Å². The van der Waals surface area contributed by atoms with Gasteiger partial charge < -0.3 is 19.9 Å². The smallest absolute Gasteiger partial charge is 0.306 e. The molecule has 0 radical (unpaired) electrons. The molecule has 0 aromatic heterocycles. The number of hydroxylamine groups is 4. The third-order valence-corrected chi connectivity index (χ3v) is 6.40. The zero-order chi connectivity index (χ0) is 24.7. The fourth-order valence-electron chi connectivity index (χ4n) is 4.89. The van der Waals surface area contributed by atoms with Crippen LogP contribution in [0.2, 0.25) is 0 Å². The molecule has 32 heavy (non-hydrogen) atoms. The van der Waals surface area contributed by atoms with Gasteiger partial charge in [-0.15, -0.1) is 0 Å². The van der Waals surface area contributed by atoms with Gasteiger partial charge in [0, 0.05) is 36.0 Å². The number of hydrogen-bond acceptors (Lipinski definition) is 8. The summed E-state index contributed by atoms with van der Waals surface area (Å²) in [4.78, 5) is 24.5. The molecule has 8 heteroatoms. The summed E-state index contributed by atoms with van der Waals surface area (Å²) in [7, 11) is 0. The number of nitrogens with zero attached hydrogens (tertiary/aromatic N) is 2. The topological polar surface area (TPSA) is 99.5 Å². The Morgan fingerprint density at radius 2 is 1.62 bits per heavy atom. The van der Waals surface area contributed by atoms with Crippen molar-refractivity contribution in [3.63, 3.8) is 0 Å². The summed E-state index contributed by atoms with van der Waals surface area (Å²) in [6.45, 7) is 16.4. The van der Waals surface area contributed by atoms with Gasteiger partial charge in [-0.2, -0.15) is 10.1 Å². The predicted octanol–water partition coefficient (Wildman–Crippen LogP) is 4.56. The molecule has 0 amide bonds. The molecule has 1 rings (SSSR count). The summed E-state index contributed by atoms with van der Waals surface area (Å²) < 4.78 is 11.1. The van der Waals surface area contributed by atoms with Crippen molar-refractivity contribution in [2.24, 2.45) is 5.92 Å². The quantitative estimate of drug-likeness (QED) is 0.324. The van der Waals surface area contributed by atoms with Crippen LogP contribution in [0.1, 0.15) is 100 Å². The van der Waals surface area contributed by atoms with E-state index in [1.807, 2.05) is 48.5 Å². The van der Waals surface area contributed by atoms with E-state index in [4.69, 9.17) is 9.47 Å². The van der Waals surface area contributed by atoms with Gasteiger partial charge in [-0.1, -0.05) is 20.3 Å². The second-order valence-electron chi connectivity index (χ2n) is 11.0. The predicted molar refractivity (Wildman–Crippen MR) is 122 cm³/mol. The summed E-state index contributed by atoms with van der Waals surface area (Å²) in [5.41, 5.74) is -1.41. The standard InChI is InChI=1S/C24H46N2O6/c1-9-11-18(14-22(3,4)25(29)10-2)17-31-20(27)12-13-21(28)32-19-15-23(5,6)26(30)24(7,8)16-19/h18-19,29-30H,9-17H2,1-8H3. The molecular formula is C24H46N2O6. The van der Waals surface area contributed by atoms with Gasteiger partial charge in [0.25, 0.3) is 0 Å². The van der Waals surface area contributed by atoms with E-state index in [1.165, 1.54) is 10.1 Å². The van der Waals surface area contributed by atoms with Crippen LogP contribution in [0, 0.1) is 5.92 Å². The Hall–Kier alpha value is -1.22. The molecule has 0 aliphatic carbocycles. The van der Waals surface area contributed by atoms with E-state index in [2.05, 4.69) is 6.92 Å². The first-order valence-corrected chi connectivity index (χ1v) is 12.0. The average Bonchev–Trinajstić information content (AvgIpc) is 2.67. The van der Waals surface area contributed by atoms with Crippen LogP contribution in [-0.4, -0.2) is 68.4 Å². The summed E-state index contributed by atoms with van der Waals surface area (Å²) in [5.74, 6) is -0.696. The first kappa shape index (κ1) is 28.8. The maximum absolute atomic E-state index is 12.3. The van der Waals surface area contributed by atoms with Crippen LogP contribution in [0.4, 0.5) is 0 Å². The molecule has 0 spiro atoms. The highest BCUT2D eigenvalue weighted by atomic mass is 16.6. The Kier molecular flexibility index (Phi) is 10.6. The second-order valence-corrected chi connectivity index (χ2v) is 11.0. The lowest BCUT2D eigenvalue weighted by molar-refractivity contribution is -0.259. The zero-order valence-electron chi connectivity index (χ0n) is 21.4. The van der Waals surface area contributed by atoms with Crippen molar-refractivity contribution in [3.05, 3.63) is 0 Å². The highest BCUT2D eigenvalue weighted by Gasteiger charge is 2.46. The Balaban J connectivity index is 2.48.